The molecule has 0 aliphatic heterocycles. The molecule has 0 saturated carbocycles. The normalized spacial score (nSPS) is 12.5. The Labute approximate surface area is 90.7 Å². The predicted octanol–water partition coefficient (Wildman–Crippen LogP) is 1.60. The van der Waals surface area contributed by atoms with Gasteiger partial charge in [-0.1, -0.05) is 30.3 Å². The lowest BCUT2D eigenvalue weighted by Gasteiger charge is -2.13. The van der Waals surface area contributed by atoms with Gasteiger partial charge in [0.1, 0.15) is 0 Å². The Bertz CT molecular complexity index is 309. The van der Waals surface area contributed by atoms with Crippen LogP contribution in [-0.4, -0.2) is 11.9 Å². The van der Waals surface area contributed by atoms with Crippen LogP contribution in [0, 0.1) is 0 Å². The van der Waals surface area contributed by atoms with Crippen LogP contribution in [0.1, 0.15) is 31.9 Å². The number of rotatable bonds is 4. The average molecular weight is 206 g/mol. The summed E-state index contributed by atoms with van der Waals surface area (Å²) in [4.78, 5) is 11.4. The van der Waals surface area contributed by atoms with Crippen LogP contribution in [0.25, 0.3) is 0 Å². The maximum atomic E-state index is 11.4. The molecule has 1 aromatic carbocycles. The number of carbonyl (C=O) groups is 1. The van der Waals surface area contributed by atoms with Gasteiger partial charge in [-0.05, 0) is 19.4 Å². The number of hydrogen-bond donors (Lipinski definition) is 2. The molecule has 0 saturated heterocycles. The van der Waals surface area contributed by atoms with Gasteiger partial charge in [-0.3, -0.25) is 4.79 Å². The highest BCUT2D eigenvalue weighted by Gasteiger charge is 2.11. The molecule has 82 valence electrons. The Balaban J connectivity index is 2.49. The lowest BCUT2D eigenvalue weighted by atomic mass is 10.0. The summed E-state index contributed by atoms with van der Waals surface area (Å²) in [6.07, 6.45) is 0.336. The van der Waals surface area contributed by atoms with E-state index in [2.05, 4.69) is 5.32 Å². The van der Waals surface area contributed by atoms with Gasteiger partial charge in [-0.2, -0.15) is 0 Å². The first-order chi connectivity index (χ1) is 7.09. The summed E-state index contributed by atoms with van der Waals surface area (Å²) >= 11 is 0. The third-order valence-electron chi connectivity index (χ3n) is 2.08. The van der Waals surface area contributed by atoms with Crippen molar-refractivity contribution in [2.75, 3.05) is 0 Å². The molecule has 1 atom stereocenters. The highest BCUT2D eigenvalue weighted by Crippen LogP contribution is 2.12. The molecule has 0 bridgehead atoms. The van der Waals surface area contributed by atoms with Gasteiger partial charge in [0.05, 0.1) is 0 Å². The van der Waals surface area contributed by atoms with Gasteiger partial charge in [-0.25, -0.2) is 0 Å². The molecule has 0 aliphatic carbocycles. The van der Waals surface area contributed by atoms with Gasteiger partial charge in [-0.15, -0.1) is 0 Å². The molecule has 0 aliphatic rings. The minimum absolute atomic E-state index is 0.00125. The zero-order valence-corrected chi connectivity index (χ0v) is 9.23. The Kier molecular flexibility index (Phi) is 4.31. The molecule has 0 fully saturated rings. The second kappa shape index (κ2) is 5.51. The minimum atomic E-state index is -0.218. The van der Waals surface area contributed by atoms with Crippen molar-refractivity contribution in [3.63, 3.8) is 0 Å². The second-order valence-electron chi connectivity index (χ2n) is 3.94. The lowest BCUT2D eigenvalue weighted by Crippen LogP contribution is -2.32. The van der Waals surface area contributed by atoms with Gasteiger partial charge in [0.15, 0.2) is 0 Å². The van der Waals surface area contributed by atoms with E-state index < -0.39 is 0 Å². The molecule has 0 radical (unpaired) electrons. The fraction of sp³-hybridized carbons (Fsp3) is 0.417. The molecule has 1 rings (SSSR count). The molecular weight excluding hydrogens is 188 g/mol. The van der Waals surface area contributed by atoms with Gasteiger partial charge in [0, 0.05) is 18.5 Å². The summed E-state index contributed by atoms with van der Waals surface area (Å²) in [7, 11) is 0. The molecule has 0 spiro atoms. The smallest absolute Gasteiger partial charge is 0.222 e. The van der Waals surface area contributed by atoms with Crippen molar-refractivity contribution in [1.29, 1.82) is 0 Å². The molecule has 3 heteroatoms. The van der Waals surface area contributed by atoms with Crippen LogP contribution in [-0.2, 0) is 4.79 Å². The molecule has 1 amide bonds. The molecule has 3 nitrogen and oxygen atoms in total. The van der Waals surface area contributed by atoms with Gasteiger partial charge >= 0.3 is 0 Å². The van der Waals surface area contributed by atoms with Crippen molar-refractivity contribution in [2.45, 2.75) is 32.4 Å². The van der Waals surface area contributed by atoms with Crippen molar-refractivity contribution in [2.24, 2.45) is 5.73 Å². The fourth-order valence-electron chi connectivity index (χ4n) is 1.40. The maximum Gasteiger partial charge on any atom is 0.222 e. The van der Waals surface area contributed by atoms with Gasteiger partial charge in [0.2, 0.25) is 5.91 Å². The van der Waals surface area contributed by atoms with E-state index in [1.54, 1.807) is 0 Å². The standard InChI is InChI=1S/C12H18N2O/c1-9(2)14-12(15)8-11(13)10-6-4-3-5-7-10/h3-7,9,11H,8,13H2,1-2H3,(H,14,15)/t11-/m0/s1. The van der Waals surface area contributed by atoms with E-state index in [9.17, 15) is 4.79 Å². The summed E-state index contributed by atoms with van der Waals surface area (Å²) < 4.78 is 0. The summed E-state index contributed by atoms with van der Waals surface area (Å²) in [5.74, 6) is 0.00125. The lowest BCUT2D eigenvalue weighted by molar-refractivity contribution is -0.121. The maximum absolute atomic E-state index is 11.4. The largest absolute Gasteiger partial charge is 0.354 e. The van der Waals surface area contributed by atoms with Crippen molar-refractivity contribution >= 4 is 5.91 Å². The van der Waals surface area contributed by atoms with Crippen LogP contribution in [0.5, 0.6) is 0 Å². The SMILES string of the molecule is CC(C)NC(=O)C[C@H](N)c1ccccc1. The zero-order chi connectivity index (χ0) is 11.3. The first kappa shape index (κ1) is 11.7. The van der Waals surface area contributed by atoms with Crippen LogP contribution < -0.4 is 11.1 Å². The summed E-state index contributed by atoms with van der Waals surface area (Å²) in [5, 5.41) is 2.82. The molecule has 0 unspecified atom stereocenters. The number of carbonyl (C=O) groups excluding carboxylic acids is 1. The summed E-state index contributed by atoms with van der Waals surface area (Å²) in [6, 6.07) is 9.61. The Morgan fingerprint density at radius 2 is 1.93 bits per heavy atom. The van der Waals surface area contributed by atoms with Crippen LogP contribution >= 0.6 is 0 Å². The van der Waals surface area contributed by atoms with E-state index in [1.807, 2.05) is 44.2 Å². The van der Waals surface area contributed by atoms with E-state index in [4.69, 9.17) is 5.73 Å². The van der Waals surface area contributed by atoms with Crippen LogP contribution in [0.4, 0.5) is 0 Å². The average Bonchev–Trinajstić information content (AvgIpc) is 2.17. The number of hydrogen-bond acceptors (Lipinski definition) is 2. The first-order valence-electron chi connectivity index (χ1n) is 5.19. The highest BCUT2D eigenvalue weighted by molar-refractivity contribution is 5.77. The topological polar surface area (TPSA) is 55.1 Å². The van der Waals surface area contributed by atoms with Gasteiger partial charge < -0.3 is 11.1 Å². The minimum Gasteiger partial charge on any atom is -0.354 e. The van der Waals surface area contributed by atoms with Crippen LogP contribution in [0.3, 0.4) is 0 Å². The Morgan fingerprint density at radius 3 is 2.47 bits per heavy atom. The molecule has 3 N–H and O–H groups in total. The summed E-state index contributed by atoms with van der Waals surface area (Å²) in [5.41, 5.74) is 6.91. The molecule has 15 heavy (non-hydrogen) atoms. The van der Waals surface area contributed by atoms with Crippen molar-refractivity contribution < 1.29 is 4.79 Å². The monoisotopic (exact) mass is 206 g/mol. The Hall–Kier alpha value is -1.35. The second-order valence-corrected chi connectivity index (χ2v) is 3.94. The third-order valence-corrected chi connectivity index (χ3v) is 2.08. The first-order valence-corrected chi connectivity index (χ1v) is 5.19. The quantitative estimate of drug-likeness (QED) is 0.786. The Morgan fingerprint density at radius 1 is 1.33 bits per heavy atom. The molecule has 1 aromatic rings. The van der Waals surface area contributed by atoms with Crippen LogP contribution in [0.2, 0.25) is 0 Å². The number of amides is 1. The molecule has 0 heterocycles. The van der Waals surface area contributed by atoms with E-state index >= 15 is 0 Å². The summed E-state index contributed by atoms with van der Waals surface area (Å²) in [6.45, 7) is 3.87. The zero-order valence-electron chi connectivity index (χ0n) is 9.23. The van der Waals surface area contributed by atoms with Crippen LogP contribution in [0.15, 0.2) is 30.3 Å². The van der Waals surface area contributed by atoms with Crippen molar-refractivity contribution in [3.8, 4) is 0 Å². The van der Waals surface area contributed by atoms with E-state index in [-0.39, 0.29) is 18.0 Å². The molecule has 0 aromatic heterocycles. The van der Waals surface area contributed by atoms with E-state index in [0.29, 0.717) is 6.42 Å². The fourth-order valence-corrected chi connectivity index (χ4v) is 1.40. The van der Waals surface area contributed by atoms with Crippen molar-refractivity contribution in [1.82, 2.24) is 5.32 Å². The van der Waals surface area contributed by atoms with E-state index in [1.165, 1.54) is 0 Å². The van der Waals surface area contributed by atoms with Gasteiger partial charge in [0.25, 0.3) is 0 Å². The van der Waals surface area contributed by atoms with Crippen molar-refractivity contribution in [3.05, 3.63) is 35.9 Å². The molecular formula is C12H18N2O. The number of nitrogens with two attached hydrogens (primary N) is 1. The third kappa shape index (κ3) is 4.13. The highest BCUT2D eigenvalue weighted by atomic mass is 16.1. The number of nitrogens with one attached hydrogen (secondary N) is 1. The predicted molar refractivity (Wildman–Crippen MR) is 61.3 cm³/mol. The van der Waals surface area contributed by atoms with E-state index in [0.717, 1.165) is 5.56 Å². The number of benzene rings is 1.